The molecule has 0 saturated carbocycles. The Kier molecular flexibility index (Phi) is 6.32. The molecule has 0 heterocycles. The summed E-state index contributed by atoms with van der Waals surface area (Å²) in [4.78, 5) is 37.2. The summed E-state index contributed by atoms with van der Waals surface area (Å²) < 4.78 is 10.6. The maximum Gasteiger partial charge on any atom is 0.345 e. The molecular weight excluding hydrogens is 336 g/mol. The molecule has 2 rings (SSSR count). The molecule has 7 nitrogen and oxygen atoms in total. The zero-order valence-corrected chi connectivity index (χ0v) is 14.5. The average molecular weight is 356 g/mol. The number of likely N-dealkylation sites (N-methyl/N-ethyl adjacent to an activating group) is 1. The molecule has 2 aromatic rings. The first-order valence-electron chi connectivity index (χ1n) is 7.87. The molecule has 0 aliphatic rings. The zero-order valence-electron chi connectivity index (χ0n) is 14.5. The van der Waals surface area contributed by atoms with Crippen LogP contribution in [-0.4, -0.2) is 43.4 Å². The third-order valence-corrected chi connectivity index (χ3v) is 3.51. The van der Waals surface area contributed by atoms with E-state index in [9.17, 15) is 14.4 Å². The van der Waals surface area contributed by atoms with E-state index in [0.29, 0.717) is 5.56 Å². The third-order valence-electron chi connectivity index (χ3n) is 3.51. The lowest BCUT2D eigenvalue weighted by molar-refractivity contribution is -0.161. The number of benzene rings is 2. The van der Waals surface area contributed by atoms with Crippen molar-refractivity contribution in [1.29, 1.82) is 0 Å². The van der Waals surface area contributed by atoms with Gasteiger partial charge in [0.05, 0.1) is 5.56 Å². The Morgan fingerprint density at radius 2 is 1.62 bits per heavy atom. The first-order valence-corrected chi connectivity index (χ1v) is 7.87. The molecule has 136 valence electrons. The van der Waals surface area contributed by atoms with Crippen LogP contribution in [0.25, 0.3) is 0 Å². The number of carbonyl (C=O) groups excluding carboxylic acids is 3. The van der Waals surface area contributed by atoms with Crippen molar-refractivity contribution in [2.45, 2.75) is 6.10 Å². The molecule has 7 heteroatoms. The monoisotopic (exact) mass is 356 g/mol. The van der Waals surface area contributed by atoms with E-state index < -0.39 is 24.6 Å². The summed E-state index contributed by atoms with van der Waals surface area (Å²) in [5.74, 6) is -1.61. The summed E-state index contributed by atoms with van der Waals surface area (Å²) in [6.07, 6.45) is -1.08. The number of esters is 1. The van der Waals surface area contributed by atoms with Gasteiger partial charge in [0.25, 0.3) is 11.8 Å². The summed E-state index contributed by atoms with van der Waals surface area (Å²) in [6.45, 7) is -0.464. The molecule has 1 atom stereocenters. The van der Waals surface area contributed by atoms with E-state index in [2.05, 4.69) is 0 Å². The van der Waals surface area contributed by atoms with Crippen LogP contribution in [0.15, 0.2) is 54.6 Å². The van der Waals surface area contributed by atoms with Crippen molar-refractivity contribution in [2.24, 2.45) is 5.73 Å². The Morgan fingerprint density at radius 1 is 1.00 bits per heavy atom. The first kappa shape index (κ1) is 19.0. The van der Waals surface area contributed by atoms with Gasteiger partial charge in [-0.1, -0.05) is 42.5 Å². The molecule has 0 unspecified atom stereocenters. The van der Waals surface area contributed by atoms with E-state index in [1.165, 1.54) is 17.0 Å². The van der Waals surface area contributed by atoms with Crippen LogP contribution in [0.1, 0.15) is 22.0 Å². The molecule has 2 amide bonds. The van der Waals surface area contributed by atoms with Gasteiger partial charge in [-0.05, 0) is 12.1 Å². The minimum Gasteiger partial charge on any atom is -0.481 e. The predicted octanol–water partition coefficient (Wildman–Crippen LogP) is 1.54. The molecule has 0 spiro atoms. The van der Waals surface area contributed by atoms with Gasteiger partial charge in [0, 0.05) is 19.7 Å². The maximum absolute atomic E-state index is 12.3. The Bertz CT molecular complexity index is 790. The summed E-state index contributed by atoms with van der Waals surface area (Å²) in [5, 5.41) is 0. The summed E-state index contributed by atoms with van der Waals surface area (Å²) in [5.41, 5.74) is 5.98. The fourth-order valence-electron chi connectivity index (χ4n) is 2.22. The van der Waals surface area contributed by atoms with Crippen molar-refractivity contribution in [3.05, 3.63) is 65.7 Å². The number of para-hydroxylation sites is 1. The SMILES string of the molecule is CN(C)C(=O)[C@H](OC(=O)COc1ccccc1C(N)=O)c1ccccc1. The maximum atomic E-state index is 12.3. The Hall–Kier alpha value is -3.35. The van der Waals surface area contributed by atoms with Crippen molar-refractivity contribution in [3.8, 4) is 5.75 Å². The van der Waals surface area contributed by atoms with Crippen LogP contribution >= 0.6 is 0 Å². The van der Waals surface area contributed by atoms with Crippen LogP contribution in [-0.2, 0) is 14.3 Å². The van der Waals surface area contributed by atoms with Crippen LogP contribution in [0.3, 0.4) is 0 Å². The molecule has 0 fully saturated rings. The predicted molar refractivity (Wildman–Crippen MR) is 94.4 cm³/mol. The highest BCUT2D eigenvalue weighted by Crippen LogP contribution is 2.21. The molecular formula is C19H20N2O5. The van der Waals surface area contributed by atoms with Crippen molar-refractivity contribution in [1.82, 2.24) is 4.90 Å². The number of nitrogens with two attached hydrogens (primary N) is 1. The van der Waals surface area contributed by atoms with E-state index in [4.69, 9.17) is 15.2 Å². The second-order valence-corrected chi connectivity index (χ2v) is 5.66. The highest BCUT2D eigenvalue weighted by molar-refractivity contribution is 5.95. The lowest BCUT2D eigenvalue weighted by atomic mass is 10.1. The minimum absolute atomic E-state index is 0.157. The molecule has 0 aliphatic heterocycles. The molecule has 2 aromatic carbocycles. The topological polar surface area (TPSA) is 98.9 Å². The number of rotatable bonds is 7. The lowest BCUT2D eigenvalue weighted by Crippen LogP contribution is -2.32. The number of hydrogen-bond donors (Lipinski definition) is 1. The second kappa shape index (κ2) is 8.66. The first-order chi connectivity index (χ1) is 12.4. The van der Waals surface area contributed by atoms with Gasteiger partial charge in [-0.15, -0.1) is 0 Å². The molecule has 0 radical (unpaired) electrons. The second-order valence-electron chi connectivity index (χ2n) is 5.66. The van der Waals surface area contributed by atoms with E-state index in [-0.39, 0.29) is 17.2 Å². The van der Waals surface area contributed by atoms with Crippen LogP contribution < -0.4 is 10.5 Å². The summed E-state index contributed by atoms with van der Waals surface area (Å²) in [7, 11) is 3.15. The third kappa shape index (κ3) is 4.83. The van der Waals surface area contributed by atoms with Crippen molar-refractivity contribution < 1.29 is 23.9 Å². The molecule has 26 heavy (non-hydrogen) atoms. The Labute approximate surface area is 151 Å². The number of hydrogen-bond acceptors (Lipinski definition) is 5. The van der Waals surface area contributed by atoms with E-state index >= 15 is 0 Å². The Morgan fingerprint density at radius 3 is 2.23 bits per heavy atom. The average Bonchev–Trinajstić information content (AvgIpc) is 2.64. The van der Waals surface area contributed by atoms with Gasteiger partial charge in [-0.3, -0.25) is 9.59 Å². The van der Waals surface area contributed by atoms with E-state index in [0.717, 1.165) is 0 Å². The minimum atomic E-state index is -1.08. The fraction of sp³-hybridized carbons (Fsp3) is 0.211. The largest absolute Gasteiger partial charge is 0.481 e. The fourth-order valence-corrected chi connectivity index (χ4v) is 2.22. The van der Waals surface area contributed by atoms with Gasteiger partial charge in [-0.2, -0.15) is 0 Å². The van der Waals surface area contributed by atoms with E-state index in [1.54, 1.807) is 56.6 Å². The van der Waals surface area contributed by atoms with Crippen molar-refractivity contribution in [2.75, 3.05) is 20.7 Å². The van der Waals surface area contributed by atoms with Crippen LogP contribution in [0.2, 0.25) is 0 Å². The number of nitrogens with zero attached hydrogens (tertiary/aromatic N) is 1. The number of carbonyl (C=O) groups is 3. The Balaban J connectivity index is 2.09. The normalized spacial score (nSPS) is 11.3. The summed E-state index contributed by atoms with van der Waals surface area (Å²) in [6, 6.07) is 15.0. The van der Waals surface area contributed by atoms with Crippen LogP contribution in [0, 0.1) is 0 Å². The molecule has 0 aliphatic carbocycles. The van der Waals surface area contributed by atoms with Crippen LogP contribution in [0.5, 0.6) is 5.75 Å². The number of amides is 2. The molecule has 2 N–H and O–H groups in total. The van der Waals surface area contributed by atoms with Gasteiger partial charge >= 0.3 is 5.97 Å². The highest BCUT2D eigenvalue weighted by atomic mass is 16.6. The van der Waals surface area contributed by atoms with Gasteiger partial charge in [0.2, 0.25) is 6.10 Å². The highest BCUT2D eigenvalue weighted by Gasteiger charge is 2.26. The molecule has 0 aromatic heterocycles. The molecule has 0 saturated heterocycles. The van der Waals surface area contributed by atoms with Gasteiger partial charge in [0.15, 0.2) is 6.61 Å². The smallest absolute Gasteiger partial charge is 0.345 e. The van der Waals surface area contributed by atoms with Gasteiger partial charge in [-0.25, -0.2) is 4.79 Å². The van der Waals surface area contributed by atoms with Crippen LogP contribution in [0.4, 0.5) is 0 Å². The van der Waals surface area contributed by atoms with Crippen molar-refractivity contribution in [3.63, 3.8) is 0 Å². The number of ether oxygens (including phenoxy) is 2. The quantitative estimate of drug-likeness (QED) is 0.759. The summed E-state index contributed by atoms with van der Waals surface area (Å²) >= 11 is 0. The van der Waals surface area contributed by atoms with Crippen molar-refractivity contribution >= 4 is 17.8 Å². The van der Waals surface area contributed by atoms with Gasteiger partial charge in [0.1, 0.15) is 5.75 Å². The van der Waals surface area contributed by atoms with E-state index in [1.807, 2.05) is 0 Å². The lowest BCUT2D eigenvalue weighted by Gasteiger charge is -2.21. The number of primary amides is 1. The molecule has 0 bridgehead atoms. The standard InChI is InChI=1S/C19H20N2O5/c1-21(2)19(24)17(13-8-4-3-5-9-13)26-16(22)12-25-15-11-7-6-10-14(15)18(20)23/h3-11,17H,12H2,1-2H3,(H2,20,23)/t17-/m1/s1. The van der Waals surface area contributed by atoms with Gasteiger partial charge < -0.3 is 20.1 Å². The zero-order chi connectivity index (χ0) is 19.1.